The lowest BCUT2D eigenvalue weighted by atomic mass is 10.1. The van der Waals surface area contributed by atoms with Gasteiger partial charge in [0.25, 0.3) is 5.92 Å². The van der Waals surface area contributed by atoms with Gasteiger partial charge in [-0.15, -0.1) is 0 Å². The molecule has 1 N–H and O–H groups in total. The van der Waals surface area contributed by atoms with Gasteiger partial charge >= 0.3 is 0 Å². The van der Waals surface area contributed by atoms with Crippen molar-refractivity contribution in [3.8, 4) is 0 Å². The minimum atomic E-state index is -3.27. The molecule has 1 aliphatic rings. The molecule has 1 aliphatic heterocycles. The molecule has 2 nitrogen and oxygen atoms in total. The summed E-state index contributed by atoms with van der Waals surface area (Å²) < 4.78 is 53.5. The predicted octanol–water partition coefficient (Wildman–Crippen LogP) is 5.33. The van der Waals surface area contributed by atoms with Gasteiger partial charge in [-0.2, -0.15) is 0 Å². The van der Waals surface area contributed by atoms with E-state index in [0.29, 0.717) is 36.1 Å². The highest BCUT2D eigenvalue weighted by atomic mass is 19.3. The highest BCUT2D eigenvalue weighted by Crippen LogP contribution is 2.31. The first-order valence-corrected chi connectivity index (χ1v) is 7.31. The van der Waals surface area contributed by atoms with Gasteiger partial charge in [0.2, 0.25) is 0 Å². The Labute approximate surface area is 136 Å². The van der Waals surface area contributed by atoms with Gasteiger partial charge in [0.1, 0.15) is 17.5 Å². The summed E-state index contributed by atoms with van der Waals surface area (Å²) in [4.78, 5) is 4.33. The largest absolute Gasteiger partial charge is 0.343 e. The van der Waals surface area contributed by atoms with E-state index in [1.165, 1.54) is 18.2 Å². The van der Waals surface area contributed by atoms with Crippen LogP contribution in [0.15, 0.2) is 53.5 Å². The predicted molar refractivity (Wildman–Crippen MR) is 86.0 cm³/mol. The van der Waals surface area contributed by atoms with E-state index in [-0.39, 0.29) is 5.82 Å². The molecule has 0 unspecified atom stereocenters. The Balaban J connectivity index is 1.80. The zero-order valence-corrected chi connectivity index (χ0v) is 12.8. The molecule has 0 saturated heterocycles. The topological polar surface area (TPSA) is 24.4 Å². The number of amidine groups is 1. The molecule has 6 heteroatoms. The molecule has 0 aromatic heterocycles. The number of rotatable bonds is 3. The Bertz CT molecular complexity index is 835. The van der Waals surface area contributed by atoms with E-state index < -0.39 is 17.3 Å². The Kier molecular flexibility index (Phi) is 4.13. The molecule has 2 aromatic rings. The minimum Gasteiger partial charge on any atom is -0.343 e. The van der Waals surface area contributed by atoms with Gasteiger partial charge in [0.15, 0.2) is 0 Å². The molecule has 124 valence electrons. The molecular weight excluding hydrogens is 320 g/mol. The third-order valence-corrected chi connectivity index (χ3v) is 3.59. The number of anilines is 1. The van der Waals surface area contributed by atoms with E-state index >= 15 is 0 Å². The molecule has 2 aromatic carbocycles. The van der Waals surface area contributed by atoms with Crippen LogP contribution in [0.3, 0.4) is 0 Å². The second kappa shape index (κ2) is 6.11. The number of nitrogens with zero attached hydrogens (tertiary/aromatic N) is 1. The van der Waals surface area contributed by atoms with Crippen LogP contribution in [0.25, 0.3) is 5.70 Å². The molecule has 3 rings (SSSR count). The van der Waals surface area contributed by atoms with E-state index in [1.54, 1.807) is 18.2 Å². The molecular formula is C18H14F4N2. The van der Waals surface area contributed by atoms with Crippen molar-refractivity contribution in [2.75, 3.05) is 5.32 Å². The third kappa shape index (κ3) is 3.48. The number of hydrogen-bond donors (Lipinski definition) is 1. The number of benzene rings is 2. The van der Waals surface area contributed by atoms with E-state index in [1.807, 2.05) is 0 Å². The first kappa shape index (κ1) is 16.2. The minimum absolute atomic E-state index is 0.320. The van der Waals surface area contributed by atoms with Gasteiger partial charge < -0.3 is 5.32 Å². The Morgan fingerprint density at radius 1 is 1.08 bits per heavy atom. The standard InChI is InChI=1S/C18H14F4N2/c1-18(21,22)14-10-13(5-6-15(14)20)23-17-8-7-16(24-17)11-3-2-4-12(19)9-11/h2-7,9-10H,8H2,1H3,(H,23,24). The van der Waals surface area contributed by atoms with Gasteiger partial charge in [-0.1, -0.05) is 18.2 Å². The first-order valence-electron chi connectivity index (χ1n) is 7.31. The van der Waals surface area contributed by atoms with Crippen LogP contribution in [0, 0.1) is 11.6 Å². The lowest BCUT2D eigenvalue weighted by molar-refractivity contribution is 0.0138. The lowest BCUT2D eigenvalue weighted by Crippen LogP contribution is -2.13. The van der Waals surface area contributed by atoms with Crippen LogP contribution in [0.1, 0.15) is 24.5 Å². The van der Waals surface area contributed by atoms with Crippen LogP contribution in [-0.2, 0) is 5.92 Å². The maximum absolute atomic E-state index is 13.5. The fourth-order valence-corrected chi connectivity index (χ4v) is 2.45. The Morgan fingerprint density at radius 3 is 2.58 bits per heavy atom. The third-order valence-electron chi connectivity index (χ3n) is 3.59. The lowest BCUT2D eigenvalue weighted by Gasteiger charge is -2.14. The van der Waals surface area contributed by atoms with Crippen molar-refractivity contribution in [3.05, 3.63) is 71.3 Å². The highest BCUT2D eigenvalue weighted by molar-refractivity contribution is 6.03. The number of halogens is 4. The van der Waals surface area contributed by atoms with E-state index in [2.05, 4.69) is 10.3 Å². The molecule has 0 amide bonds. The van der Waals surface area contributed by atoms with Crippen molar-refractivity contribution >= 4 is 17.2 Å². The number of alkyl halides is 2. The Morgan fingerprint density at radius 2 is 1.88 bits per heavy atom. The van der Waals surface area contributed by atoms with Gasteiger partial charge in [-0.3, -0.25) is 0 Å². The summed E-state index contributed by atoms with van der Waals surface area (Å²) in [5.74, 6) is -4.07. The highest BCUT2D eigenvalue weighted by Gasteiger charge is 2.28. The summed E-state index contributed by atoms with van der Waals surface area (Å²) in [6.07, 6.45) is 2.25. The van der Waals surface area contributed by atoms with Crippen LogP contribution in [-0.4, -0.2) is 5.84 Å². The Hall–Kier alpha value is -2.63. The van der Waals surface area contributed by atoms with Crippen molar-refractivity contribution in [1.29, 1.82) is 0 Å². The molecule has 1 heterocycles. The smallest absolute Gasteiger partial charge is 0.273 e. The average Bonchev–Trinajstić information content (AvgIpc) is 2.97. The quantitative estimate of drug-likeness (QED) is 0.754. The molecule has 0 fully saturated rings. The summed E-state index contributed by atoms with van der Waals surface area (Å²) in [5.41, 5.74) is 0.872. The normalized spacial score (nSPS) is 14.4. The van der Waals surface area contributed by atoms with E-state index in [4.69, 9.17) is 0 Å². The monoisotopic (exact) mass is 334 g/mol. The summed E-state index contributed by atoms with van der Waals surface area (Å²) >= 11 is 0. The molecule has 0 bridgehead atoms. The summed E-state index contributed by atoms with van der Waals surface area (Å²) in [7, 11) is 0. The van der Waals surface area contributed by atoms with Crippen LogP contribution >= 0.6 is 0 Å². The molecule has 0 spiro atoms. The van der Waals surface area contributed by atoms with Gasteiger partial charge in [-0.05, 0) is 30.3 Å². The zero-order valence-electron chi connectivity index (χ0n) is 12.8. The van der Waals surface area contributed by atoms with Crippen molar-refractivity contribution in [1.82, 2.24) is 0 Å². The summed E-state index contributed by atoms with van der Waals surface area (Å²) in [6.45, 7) is 0.645. The molecule has 24 heavy (non-hydrogen) atoms. The first-order chi connectivity index (χ1) is 11.3. The molecule has 0 saturated carbocycles. The summed E-state index contributed by atoms with van der Waals surface area (Å²) in [6, 6.07) is 9.45. The second-order valence-corrected chi connectivity index (χ2v) is 5.57. The fraction of sp³-hybridized carbons (Fsp3) is 0.167. The molecule has 0 aliphatic carbocycles. The molecule has 0 radical (unpaired) electrons. The van der Waals surface area contributed by atoms with Crippen LogP contribution in [0.4, 0.5) is 23.2 Å². The number of nitrogens with one attached hydrogen (secondary N) is 1. The summed E-state index contributed by atoms with van der Waals surface area (Å²) in [5, 5.41) is 2.90. The van der Waals surface area contributed by atoms with Crippen molar-refractivity contribution in [3.63, 3.8) is 0 Å². The van der Waals surface area contributed by atoms with E-state index in [9.17, 15) is 17.6 Å². The fourth-order valence-electron chi connectivity index (χ4n) is 2.45. The maximum Gasteiger partial charge on any atom is 0.273 e. The van der Waals surface area contributed by atoms with Crippen LogP contribution in [0.5, 0.6) is 0 Å². The molecule has 0 atom stereocenters. The number of hydrogen-bond acceptors (Lipinski definition) is 2. The van der Waals surface area contributed by atoms with Gasteiger partial charge in [0.05, 0.1) is 11.3 Å². The van der Waals surface area contributed by atoms with Gasteiger partial charge in [0, 0.05) is 24.6 Å². The number of aliphatic imine (C=N–C) groups is 1. The van der Waals surface area contributed by atoms with Crippen LogP contribution in [0.2, 0.25) is 0 Å². The second-order valence-electron chi connectivity index (χ2n) is 5.57. The van der Waals surface area contributed by atoms with Crippen LogP contribution < -0.4 is 5.32 Å². The van der Waals surface area contributed by atoms with Crippen molar-refractivity contribution < 1.29 is 17.6 Å². The van der Waals surface area contributed by atoms with Crippen molar-refractivity contribution in [2.24, 2.45) is 4.99 Å². The SMILES string of the molecule is CC(F)(F)c1cc(NC2=NC(c3cccc(F)c3)=CC2)ccc1F. The van der Waals surface area contributed by atoms with Gasteiger partial charge in [-0.25, -0.2) is 22.6 Å². The van der Waals surface area contributed by atoms with Crippen molar-refractivity contribution in [2.45, 2.75) is 19.3 Å². The zero-order chi connectivity index (χ0) is 17.3. The average molecular weight is 334 g/mol. The van der Waals surface area contributed by atoms with E-state index in [0.717, 1.165) is 12.1 Å². The maximum atomic E-state index is 13.5.